The zero-order valence-corrected chi connectivity index (χ0v) is 16.9. The van der Waals surface area contributed by atoms with Gasteiger partial charge < -0.3 is 15.4 Å². The molecule has 0 spiro atoms. The summed E-state index contributed by atoms with van der Waals surface area (Å²) in [7, 11) is 1.71. The van der Waals surface area contributed by atoms with E-state index in [9.17, 15) is 0 Å². The summed E-state index contributed by atoms with van der Waals surface area (Å²) >= 11 is 0. The zero-order valence-electron chi connectivity index (χ0n) is 16.9. The van der Waals surface area contributed by atoms with Crippen molar-refractivity contribution < 1.29 is 4.74 Å². The van der Waals surface area contributed by atoms with E-state index in [0.29, 0.717) is 13.2 Å². The maximum atomic E-state index is 5.10. The summed E-state index contributed by atoms with van der Waals surface area (Å²) in [6, 6.07) is 8.71. The number of likely N-dealkylation sites (tertiary alicyclic amines) is 1. The van der Waals surface area contributed by atoms with Gasteiger partial charge >= 0.3 is 0 Å². The summed E-state index contributed by atoms with van der Waals surface area (Å²) in [5.41, 5.74) is 2.70. The van der Waals surface area contributed by atoms with E-state index in [-0.39, 0.29) is 0 Å². The first-order valence-corrected chi connectivity index (χ1v) is 9.92. The molecule has 2 unspecified atom stereocenters. The van der Waals surface area contributed by atoms with Crippen LogP contribution in [0.5, 0.6) is 0 Å². The van der Waals surface area contributed by atoms with Crippen molar-refractivity contribution in [2.24, 2.45) is 16.8 Å². The molecule has 0 amide bonds. The quantitative estimate of drug-likeness (QED) is 0.425. The second-order valence-electron chi connectivity index (χ2n) is 7.52. The molecule has 2 rings (SSSR count). The van der Waals surface area contributed by atoms with Crippen LogP contribution in [0, 0.1) is 11.8 Å². The van der Waals surface area contributed by atoms with Crippen LogP contribution in [0.2, 0.25) is 0 Å². The van der Waals surface area contributed by atoms with Crippen LogP contribution < -0.4 is 10.6 Å². The lowest BCUT2D eigenvalue weighted by Gasteiger charge is -2.35. The van der Waals surface area contributed by atoms with Gasteiger partial charge in [-0.05, 0) is 36.3 Å². The molecule has 0 aromatic heterocycles. The number of piperidine rings is 1. The van der Waals surface area contributed by atoms with Crippen molar-refractivity contribution >= 4 is 5.96 Å². The van der Waals surface area contributed by atoms with Gasteiger partial charge in [0.2, 0.25) is 0 Å². The number of hydrogen-bond donors (Lipinski definition) is 2. The topological polar surface area (TPSA) is 48.9 Å². The summed E-state index contributed by atoms with van der Waals surface area (Å²) in [5.74, 6) is 2.42. The molecule has 0 bridgehead atoms. The third-order valence-corrected chi connectivity index (χ3v) is 4.81. The fourth-order valence-corrected chi connectivity index (χ4v) is 3.81. The molecule has 1 fully saturated rings. The van der Waals surface area contributed by atoms with Gasteiger partial charge in [0.25, 0.3) is 0 Å². The van der Waals surface area contributed by atoms with E-state index in [1.54, 1.807) is 7.11 Å². The van der Waals surface area contributed by atoms with Crippen LogP contribution in [0.3, 0.4) is 0 Å². The first kappa shape index (κ1) is 20.7. The molecule has 1 saturated heterocycles. The minimum Gasteiger partial charge on any atom is -0.383 e. The van der Waals surface area contributed by atoms with E-state index in [2.05, 4.69) is 60.6 Å². The van der Waals surface area contributed by atoms with E-state index < -0.39 is 0 Å². The van der Waals surface area contributed by atoms with Gasteiger partial charge in [0.1, 0.15) is 0 Å². The van der Waals surface area contributed by atoms with Gasteiger partial charge in [0.05, 0.1) is 13.2 Å². The monoisotopic (exact) mass is 360 g/mol. The number of nitrogens with one attached hydrogen (secondary N) is 2. The van der Waals surface area contributed by atoms with E-state index in [1.807, 2.05) is 0 Å². The maximum absolute atomic E-state index is 5.10. The average molecular weight is 361 g/mol. The van der Waals surface area contributed by atoms with Crippen molar-refractivity contribution in [3.05, 3.63) is 35.4 Å². The minimum absolute atomic E-state index is 0.673. The number of rotatable bonds is 8. The molecule has 1 aliphatic heterocycles. The number of ether oxygens (including phenoxy) is 1. The third-order valence-electron chi connectivity index (χ3n) is 4.81. The fraction of sp³-hybridized carbons (Fsp3) is 0.667. The molecule has 1 heterocycles. The predicted octanol–water partition coefficient (Wildman–Crippen LogP) is 2.87. The van der Waals surface area contributed by atoms with Crippen LogP contribution in [0.1, 0.15) is 38.3 Å². The van der Waals surface area contributed by atoms with Crippen LogP contribution in [0.4, 0.5) is 0 Å². The summed E-state index contributed by atoms with van der Waals surface area (Å²) in [5, 5.41) is 6.60. The van der Waals surface area contributed by atoms with Gasteiger partial charge in [-0.3, -0.25) is 4.90 Å². The molecule has 146 valence electrons. The molecule has 2 atom stereocenters. The number of nitrogens with zero attached hydrogens (tertiary/aromatic N) is 2. The van der Waals surface area contributed by atoms with Crippen molar-refractivity contribution in [1.29, 1.82) is 0 Å². The molecule has 2 N–H and O–H groups in total. The molecule has 1 aliphatic rings. The molecular weight excluding hydrogens is 324 g/mol. The van der Waals surface area contributed by atoms with Gasteiger partial charge in [-0.2, -0.15) is 0 Å². The van der Waals surface area contributed by atoms with Crippen molar-refractivity contribution in [2.75, 3.05) is 39.9 Å². The Hall–Kier alpha value is -1.59. The summed E-state index contributed by atoms with van der Waals surface area (Å²) in [6.45, 7) is 13.2. The van der Waals surface area contributed by atoms with Crippen molar-refractivity contribution in [3.63, 3.8) is 0 Å². The van der Waals surface area contributed by atoms with E-state index in [4.69, 9.17) is 9.73 Å². The van der Waals surface area contributed by atoms with Crippen LogP contribution >= 0.6 is 0 Å². The SMILES string of the molecule is CCNC(=NCc1ccccc1CN1CC(C)CC(C)C1)NCCOC. The average Bonchev–Trinajstić information content (AvgIpc) is 2.60. The van der Waals surface area contributed by atoms with Crippen LogP contribution in [0.25, 0.3) is 0 Å². The molecule has 0 aliphatic carbocycles. The number of methoxy groups -OCH3 is 1. The number of aliphatic imine (C=N–C) groups is 1. The Morgan fingerprint density at radius 2 is 1.85 bits per heavy atom. The standard InChI is InChI=1S/C21H36N4O/c1-5-22-21(23-10-11-26-4)24-13-19-8-6-7-9-20(19)16-25-14-17(2)12-18(3)15-25/h6-9,17-18H,5,10-16H2,1-4H3,(H2,22,23,24). The zero-order chi connectivity index (χ0) is 18.8. The summed E-state index contributed by atoms with van der Waals surface area (Å²) in [6.07, 6.45) is 1.35. The smallest absolute Gasteiger partial charge is 0.191 e. The Morgan fingerprint density at radius 1 is 1.15 bits per heavy atom. The van der Waals surface area contributed by atoms with Crippen molar-refractivity contribution in [1.82, 2.24) is 15.5 Å². The van der Waals surface area contributed by atoms with Gasteiger partial charge in [0, 0.05) is 39.8 Å². The number of benzene rings is 1. The molecule has 1 aromatic rings. The first-order valence-electron chi connectivity index (χ1n) is 9.92. The fourth-order valence-electron chi connectivity index (χ4n) is 3.81. The summed E-state index contributed by atoms with van der Waals surface area (Å²) < 4.78 is 5.10. The van der Waals surface area contributed by atoms with Gasteiger partial charge in [-0.25, -0.2) is 4.99 Å². The Kier molecular flexibility index (Phi) is 8.92. The molecule has 26 heavy (non-hydrogen) atoms. The lowest BCUT2D eigenvalue weighted by molar-refractivity contribution is 0.134. The van der Waals surface area contributed by atoms with Crippen LogP contribution in [-0.2, 0) is 17.8 Å². The Labute approximate surface area is 159 Å². The van der Waals surface area contributed by atoms with E-state index >= 15 is 0 Å². The van der Waals surface area contributed by atoms with Gasteiger partial charge in [-0.1, -0.05) is 38.1 Å². The van der Waals surface area contributed by atoms with Gasteiger partial charge in [-0.15, -0.1) is 0 Å². The summed E-state index contributed by atoms with van der Waals surface area (Å²) in [4.78, 5) is 7.36. The lowest BCUT2D eigenvalue weighted by atomic mass is 9.91. The van der Waals surface area contributed by atoms with E-state index in [0.717, 1.165) is 37.4 Å². The Bertz CT molecular complexity index is 551. The highest BCUT2D eigenvalue weighted by molar-refractivity contribution is 5.79. The number of guanidine groups is 1. The molecule has 5 heteroatoms. The highest BCUT2D eigenvalue weighted by atomic mass is 16.5. The highest BCUT2D eigenvalue weighted by Gasteiger charge is 2.22. The molecule has 5 nitrogen and oxygen atoms in total. The molecule has 0 saturated carbocycles. The first-order chi connectivity index (χ1) is 12.6. The van der Waals surface area contributed by atoms with Crippen LogP contribution in [0.15, 0.2) is 29.3 Å². The van der Waals surface area contributed by atoms with Crippen molar-refractivity contribution in [2.45, 2.75) is 40.3 Å². The second-order valence-corrected chi connectivity index (χ2v) is 7.52. The molecular formula is C21H36N4O. The predicted molar refractivity (Wildman–Crippen MR) is 109 cm³/mol. The van der Waals surface area contributed by atoms with E-state index in [1.165, 1.54) is 30.6 Å². The second kappa shape index (κ2) is 11.2. The normalized spacial score (nSPS) is 21.6. The number of hydrogen-bond acceptors (Lipinski definition) is 3. The van der Waals surface area contributed by atoms with Crippen molar-refractivity contribution in [3.8, 4) is 0 Å². The highest BCUT2D eigenvalue weighted by Crippen LogP contribution is 2.23. The van der Waals surface area contributed by atoms with Crippen LogP contribution in [-0.4, -0.2) is 50.8 Å². The maximum Gasteiger partial charge on any atom is 0.191 e. The molecule has 0 radical (unpaired) electrons. The van der Waals surface area contributed by atoms with Gasteiger partial charge in [0.15, 0.2) is 5.96 Å². The Morgan fingerprint density at radius 3 is 2.50 bits per heavy atom. The minimum atomic E-state index is 0.673. The lowest BCUT2D eigenvalue weighted by Crippen LogP contribution is -2.39. The Balaban J connectivity index is 2.01. The third kappa shape index (κ3) is 6.96. The molecule has 1 aromatic carbocycles. The largest absolute Gasteiger partial charge is 0.383 e.